The Kier molecular flexibility index (Phi) is 4.72. The topological polar surface area (TPSA) is 38.3 Å². The molecule has 6 heteroatoms. The van der Waals surface area contributed by atoms with Crippen molar-refractivity contribution >= 4 is 5.78 Å². The number of ketones is 1. The molecule has 0 bridgehead atoms. The summed E-state index contributed by atoms with van der Waals surface area (Å²) in [5, 5.41) is 2.80. The fourth-order valence-electron chi connectivity index (χ4n) is 1.55. The Labute approximate surface area is 103 Å². The summed E-state index contributed by atoms with van der Waals surface area (Å²) in [5.74, 6) is -1.27. The number of hydrogen-bond donors (Lipinski definition) is 1. The Morgan fingerprint density at radius 1 is 1.39 bits per heavy atom. The minimum absolute atomic E-state index is 0.0578. The Bertz CT molecular complexity index is 418. The van der Waals surface area contributed by atoms with E-state index in [1.54, 1.807) is 14.0 Å². The molecule has 0 saturated carbocycles. The van der Waals surface area contributed by atoms with Crippen LogP contribution in [0.15, 0.2) is 24.3 Å². The summed E-state index contributed by atoms with van der Waals surface area (Å²) in [6, 6.07) is 5.35. The molecular formula is C12H14F3NO2. The first kappa shape index (κ1) is 14.5. The van der Waals surface area contributed by atoms with E-state index in [4.69, 9.17) is 0 Å². The lowest BCUT2D eigenvalue weighted by Crippen LogP contribution is -2.25. The van der Waals surface area contributed by atoms with E-state index in [9.17, 15) is 18.0 Å². The normalized spacial score (nSPS) is 13.2. The number of alkyl halides is 3. The highest BCUT2D eigenvalue weighted by Gasteiger charge is 2.33. The number of nitrogens with one attached hydrogen (secondary N) is 1. The first-order valence-electron chi connectivity index (χ1n) is 5.38. The van der Waals surface area contributed by atoms with Gasteiger partial charge in [-0.3, -0.25) is 4.79 Å². The molecular weight excluding hydrogens is 247 g/mol. The van der Waals surface area contributed by atoms with Gasteiger partial charge in [0.1, 0.15) is 5.75 Å². The fourth-order valence-corrected chi connectivity index (χ4v) is 1.55. The quantitative estimate of drug-likeness (QED) is 0.828. The maximum absolute atomic E-state index is 12.2. The van der Waals surface area contributed by atoms with Crippen LogP contribution in [0.25, 0.3) is 0 Å². The minimum Gasteiger partial charge on any atom is -0.405 e. The summed E-state index contributed by atoms with van der Waals surface area (Å²) < 4.78 is 40.4. The molecule has 0 aromatic heterocycles. The number of rotatable bonds is 5. The van der Waals surface area contributed by atoms with Gasteiger partial charge in [0.2, 0.25) is 0 Å². The van der Waals surface area contributed by atoms with Crippen molar-refractivity contribution in [3.05, 3.63) is 29.8 Å². The first-order valence-corrected chi connectivity index (χ1v) is 5.38. The molecule has 100 valence electrons. The molecule has 0 spiro atoms. The minimum atomic E-state index is -4.80. The number of carbonyl (C=O) groups excluding carboxylic acids is 1. The molecule has 3 nitrogen and oxygen atoms in total. The van der Waals surface area contributed by atoms with Crippen molar-refractivity contribution < 1.29 is 22.7 Å². The largest absolute Gasteiger partial charge is 0.573 e. The van der Waals surface area contributed by atoms with Gasteiger partial charge in [-0.1, -0.05) is 19.1 Å². The molecule has 1 aromatic carbocycles. The molecule has 18 heavy (non-hydrogen) atoms. The third kappa shape index (κ3) is 4.03. The number of para-hydroxylation sites is 1. The van der Waals surface area contributed by atoms with E-state index in [2.05, 4.69) is 10.1 Å². The van der Waals surface area contributed by atoms with Crippen LogP contribution >= 0.6 is 0 Å². The van der Waals surface area contributed by atoms with E-state index < -0.39 is 18.0 Å². The summed E-state index contributed by atoms with van der Waals surface area (Å²) in [6.07, 6.45) is -4.80. The third-order valence-electron chi connectivity index (χ3n) is 2.34. The molecule has 0 radical (unpaired) electrons. The van der Waals surface area contributed by atoms with Gasteiger partial charge in [-0.15, -0.1) is 13.2 Å². The van der Waals surface area contributed by atoms with Gasteiger partial charge in [0.25, 0.3) is 0 Å². The van der Waals surface area contributed by atoms with Gasteiger partial charge >= 0.3 is 6.36 Å². The number of hydrogen-bond acceptors (Lipinski definition) is 3. The maximum Gasteiger partial charge on any atom is 0.573 e. The Morgan fingerprint density at radius 3 is 2.56 bits per heavy atom. The van der Waals surface area contributed by atoms with Crippen LogP contribution in [0, 0.1) is 5.92 Å². The SMILES string of the molecule is CNCC(C)C(=O)c1ccccc1OC(F)(F)F. The number of ether oxygens (including phenoxy) is 1. The highest BCUT2D eigenvalue weighted by molar-refractivity contribution is 6.00. The lowest BCUT2D eigenvalue weighted by molar-refractivity contribution is -0.274. The molecule has 0 aliphatic carbocycles. The smallest absolute Gasteiger partial charge is 0.405 e. The average Bonchev–Trinajstić information content (AvgIpc) is 2.27. The standard InChI is InChI=1S/C12H14F3NO2/c1-8(7-16-2)11(17)9-5-3-4-6-10(9)18-12(13,14)15/h3-6,8,16H,7H2,1-2H3. The van der Waals surface area contributed by atoms with Crippen LogP contribution in [-0.2, 0) is 0 Å². The van der Waals surface area contributed by atoms with Crippen LogP contribution in [-0.4, -0.2) is 25.7 Å². The van der Waals surface area contributed by atoms with E-state index >= 15 is 0 Å². The van der Waals surface area contributed by atoms with Crippen molar-refractivity contribution in [2.75, 3.05) is 13.6 Å². The second-order valence-electron chi connectivity index (χ2n) is 3.87. The van der Waals surface area contributed by atoms with E-state index in [1.807, 2.05) is 0 Å². The Morgan fingerprint density at radius 2 is 2.00 bits per heavy atom. The molecule has 1 aromatic rings. The van der Waals surface area contributed by atoms with E-state index in [0.29, 0.717) is 6.54 Å². The lowest BCUT2D eigenvalue weighted by atomic mass is 9.98. The van der Waals surface area contributed by atoms with Gasteiger partial charge in [0.15, 0.2) is 5.78 Å². The van der Waals surface area contributed by atoms with Gasteiger partial charge in [-0.25, -0.2) is 0 Å². The molecule has 0 heterocycles. The molecule has 0 aliphatic heterocycles. The zero-order valence-electron chi connectivity index (χ0n) is 10.0. The second-order valence-corrected chi connectivity index (χ2v) is 3.87. The molecule has 0 amide bonds. The fraction of sp³-hybridized carbons (Fsp3) is 0.417. The van der Waals surface area contributed by atoms with Crippen molar-refractivity contribution in [2.45, 2.75) is 13.3 Å². The van der Waals surface area contributed by atoms with Crippen molar-refractivity contribution in [1.82, 2.24) is 5.32 Å². The summed E-state index contributed by atoms with van der Waals surface area (Å²) >= 11 is 0. The molecule has 1 rings (SSSR count). The summed E-state index contributed by atoms with van der Waals surface area (Å²) in [5.41, 5.74) is -0.0578. The molecule has 1 atom stereocenters. The van der Waals surface area contributed by atoms with Gasteiger partial charge < -0.3 is 10.1 Å². The first-order chi connectivity index (χ1) is 8.35. The highest BCUT2D eigenvalue weighted by Crippen LogP contribution is 2.27. The Hall–Kier alpha value is -1.56. The summed E-state index contributed by atoms with van der Waals surface area (Å²) in [6.45, 7) is 2.03. The van der Waals surface area contributed by atoms with E-state index in [0.717, 1.165) is 6.07 Å². The second kappa shape index (κ2) is 5.86. The zero-order chi connectivity index (χ0) is 13.8. The van der Waals surface area contributed by atoms with E-state index in [1.165, 1.54) is 18.2 Å². The molecule has 0 fully saturated rings. The van der Waals surface area contributed by atoms with Crippen LogP contribution in [0.5, 0.6) is 5.75 Å². The zero-order valence-corrected chi connectivity index (χ0v) is 10.0. The number of carbonyl (C=O) groups is 1. The van der Waals surface area contributed by atoms with Crippen LogP contribution in [0.1, 0.15) is 17.3 Å². The number of Topliss-reactive ketones (excluding diaryl/α,β-unsaturated/α-hetero) is 1. The summed E-state index contributed by atoms with van der Waals surface area (Å²) in [4.78, 5) is 12.0. The predicted octanol–water partition coefficient (Wildman–Crippen LogP) is 2.62. The van der Waals surface area contributed by atoms with Crippen molar-refractivity contribution in [2.24, 2.45) is 5.92 Å². The van der Waals surface area contributed by atoms with Crippen molar-refractivity contribution in [1.29, 1.82) is 0 Å². The predicted molar refractivity (Wildman–Crippen MR) is 60.5 cm³/mol. The number of halogens is 3. The van der Waals surface area contributed by atoms with Gasteiger partial charge in [-0.05, 0) is 19.2 Å². The Balaban J connectivity index is 2.98. The molecule has 1 unspecified atom stereocenters. The van der Waals surface area contributed by atoms with Crippen LogP contribution in [0.4, 0.5) is 13.2 Å². The van der Waals surface area contributed by atoms with Crippen molar-refractivity contribution in [3.63, 3.8) is 0 Å². The summed E-state index contributed by atoms with van der Waals surface area (Å²) in [7, 11) is 1.67. The third-order valence-corrected chi connectivity index (χ3v) is 2.34. The molecule has 0 saturated heterocycles. The molecule has 0 aliphatic rings. The van der Waals surface area contributed by atoms with Gasteiger partial charge in [-0.2, -0.15) is 0 Å². The van der Waals surface area contributed by atoms with Crippen LogP contribution in [0.2, 0.25) is 0 Å². The van der Waals surface area contributed by atoms with Crippen molar-refractivity contribution in [3.8, 4) is 5.75 Å². The molecule has 1 N–H and O–H groups in total. The average molecular weight is 261 g/mol. The maximum atomic E-state index is 12.2. The van der Waals surface area contributed by atoms with Gasteiger partial charge in [0.05, 0.1) is 5.56 Å². The lowest BCUT2D eigenvalue weighted by Gasteiger charge is -2.15. The highest BCUT2D eigenvalue weighted by atomic mass is 19.4. The van der Waals surface area contributed by atoms with E-state index in [-0.39, 0.29) is 11.3 Å². The van der Waals surface area contributed by atoms with Gasteiger partial charge in [0, 0.05) is 12.5 Å². The monoisotopic (exact) mass is 261 g/mol. The van der Waals surface area contributed by atoms with Crippen LogP contribution < -0.4 is 10.1 Å². The number of benzene rings is 1. The van der Waals surface area contributed by atoms with Crippen LogP contribution in [0.3, 0.4) is 0 Å².